The smallest absolute Gasteiger partial charge is 0.227 e. The summed E-state index contributed by atoms with van der Waals surface area (Å²) in [6, 6.07) is 5.49. The molecule has 7 heteroatoms. The van der Waals surface area contributed by atoms with Gasteiger partial charge in [0.1, 0.15) is 6.10 Å². The summed E-state index contributed by atoms with van der Waals surface area (Å²) in [7, 11) is 0. The van der Waals surface area contributed by atoms with Gasteiger partial charge in [0.15, 0.2) is 0 Å². The number of hydrogen-bond donors (Lipinski definition) is 1. The number of benzene rings is 1. The van der Waals surface area contributed by atoms with Crippen LogP contribution in [-0.2, 0) is 9.53 Å². The molecule has 2 fully saturated rings. The number of morpholine rings is 1. The number of nitrogens with one attached hydrogen (secondary N) is 1. The van der Waals surface area contributed by atoms with E-state index in [0.717, 1.165) is 25.1 Å². The largest absolute Gasteiger partial charge is 0.370 e. The lowest BCUT2D eigenvalue weighted by Crippen LogP contribution is -2.45. The van der Waals surface area contributed by atoms with E-state index in [4.69, 9.17) is 27.9 Å². The molecule has 0 radical (unpaired) electrons. The first-order valence-corrected chi connectivity index (χ1v) is 7.97. The van der Waals surface area contributed by atoms with E-state index in [-0.39, 0.29) is 30.3 Å². The average molecular weight is 366 g/mol. The minimum absolute atomic E-state index is 0. The molecule has 1 N–H and O–H groups in total. The van der Waals surface area contributed by atoms with E-state index >= 15 is 0 Å². The topological polar surface area (TPSA) is 41.6 Å². The van der Waals surface area contributed by atoms with Gasteiger partial charge in [-0.25, -0.2) is 0 Å². The quantitative estimate of drug-likeness (QED) is 0.876. The van der Waals surface area contributed by atoms with E-state index in [9.17, 15) is 4.79 Å². The van der Waals surface area contributed by atoms with Gasteiger partial charge >= 0.3 is 0 Å². The Bertz CT molecular complexity index is 536. The summed E-state index contributed by atoms with van der Waals surface area (Å²) in [5.74, 6) is 0.339. The fraction of sp³-hybridized carbons (Fsp3) is 0.533. The Labute approximate surface area is 146 Å². The van der Waals surface area contributed by atoms with Crippen molar-refractivity contribution < 1.29 is 9.53 Å². The molecule has 1 aromatic rings. The molecule has 2 atom stereocenters. The van der Waals surface area contributed by atoms with Crippen LogP contribution in [0, 0.1) is 5.92 Å². The summed E-state index contributed by atoms with van der Waals surface area (Å²) in [5, 5.41) is 4.28. The summed E-state index contributed by atoms with van der Waals surface area (Å²) < 4.78 is 5.79. The summed E-state index contributed by atoms with van der Waals surface area (Å²) in [5.41, 5.74) is 0.964. The van der Waals surface area contributed by atoms with Gasteiger partial charge in [-0.2, -0.15) is 0 Å². The molecule has 1 aromatic carbocycles. The van der Waals surface area contributed by atoms with Crippen molar-refractivity contribution in [1.82, 2.24) is 10.2 Å². The maximum atomic E-state index is 12.5. The molecular weight excluding hydrogens is 347 g/mol. The summed E-state index contributed by atoms with van der Waals surface area (Å²) in [6.07, 6.45) is 0.792. The van der Waals surface area contributed by atoms with Crippen molar-refractivity contribution in [2.45, 2.75) is 12.5 Å². The molecule has 2 aliphatic rings. The molecule has 2 unspecified atom stereocenters. The molecule has 1 amide bonds. The first kappa shape index (κ1) is 17.8. The third-order valence-electron chi connectivity index (χ3n) is 4.10. The van der Waals surface area contributed by atoms with Crippen molar-refractivity contribution in [3.63, 3.8) is 0 Å². The van der Waals surface area contributed by atoms with Gasteiger partial charge < -0.3 is 15.0 Å². The van der Waals surface area contributed by atoms with E-state index < -0.39 is 0 Å². The van der Waals surface area contributed by atoms with Gasteiger partial charge in [0.2, 0.25) is 5.91 Å². The maximum absolute atomic E-state index is 12.5. The zero-order valence-electron chi connectivity index (χ0n) is 12.1. The minimum atomic E-state index is -0.133. The predicted octanol–water partition coefficient (Wildman–Crippen LogP) is 2.92. The number of carbonyl (C=O) groups is 1. The molecule has 2 saturated heterocycles. The highest BCUT2D eigenvalue weighted by Gasteiger charge is 2.31. The summed E-state index contributed by atoms with van der Waals surface area (Å²) in [4.78, 5) is 14.4. The van der Waals surface area contributed by atoms with Crippen LogP contribution in [0.2, 0.25) is 10.0 Å². The number of nitrogens with zero attached hydrogens (tertiary/aromatic N) is 1. The third kappa shape index (κ3) is 3.87. The van der Waals surface area contributed by atoms with Crippen LogP contribution in [0.5, 0.6) is 0 Å². The molecular formula is C15H19Cl3N2O2. The van der Waals surface area contributed by atoms with Crippen LogP contribution in [0.4, 0.5) is 0 Å². The van der Waals surface area contributed by atoms with Crippen LogP contribution in [0.25, 0.3) is 0 Å². The Balaban J connectivity index is 0.00000176. The number of hydrogen-bond acceptors (Lipinski definition) is 3. The molecule has 4 nitrogen and oxygen atoms in total. The van der Waals surface area contributed by atoms with E-state index in [1.165, 1.54) is 0 Å². The van der Waals surface area contributed by atoms with Gasteiger partial charge in [-0.3, -0.25) is 4.79 Å². The highest BCUT2D eigenvalue weighted by Crippen LogP contribution is 2.29. The van der Waals surface area contributed by atoms with Crippen molar-refractivity contribution in [2.24, 2.45) is 5.92 Å². The zero-order valence-corrected chi connectivity index (χ0v) is 14.4. The normalized spacial score (nSPS) is 24.9. The Kier molecular flexibility index (Phi) is 6.36. The summed E-state index contributed by atoms with van der Waals surface area (Å²) in [6.45, 7) is 3.50. The Morgan fingerprint density at radius 3 is 2.82 bits per heavy atom. The third-order valence-corrected chi connectivity index (χ3v) is 4.84. The Morgan fingerprint density at radius 2 is 2.14 bits per heavy atom. The highest BCUT2D eigenvalue weighted by molar-refractivity contribution is 6.42. The molecule has 122 valence electrons. The lowest BCUT2D eigenvalue weighted by molar-refractivity contribution is -0.142. The van der Waals surface area contributed by atoms with Gasteiger partial charge in [-0.1, -0.05) is 29.3 Å². The van der Waals surface area contributed by atoms with E-state index in [2.05, 4.69) is 5.32 Å². The van der Waals surface area contributed by atoms with Crippen LogP contribution in [0.1, 0.15) is 18.1 Å². The lowest BCUT2D eigenvalue weighted by Gasteiger charge is -2.34. The van der Waals surface area contributed by atoms with Crippen molar-refractivity contribution in [3.8, 4) is 0 Å². The number of carbonyl (C=O) groups excluding carboxylic acids is 1. The maximum Gasteiger partial charge on any atom is 0.227 e. The second-order valence-corrected chi connectivity index (χ2v) is 6.32. The van der Waals surface area contributed by atoms with Crippen molar-refractivity contribution in [1.29, 1.82) is 0 Å². The van der Waals surface area contributed by atoms with Crippen molar-refractivity contribution in [2.75, 3.05) is 32.8 Å². The van der Waals surface area contributed by atoms with Gasteiger partial charge in [0.05, 0.1) is 29.1 Å². The minimum Gasteiger partial charge on any atom is -0.370 e. The first-order chi connectivity index (χ1) is 10.1. The Morgan fingerprint density at radius 1 is 1.32 bits per heavy atom. The van der Waals surface area contributed by atoms with Crippen LogP contribution in [0.3, 0.4) is 0 Å². The number of halogens is 3. The molecule has 2 aliphatic heterocycles. The van der Waals surface area contributed by atoms with Gasteiger partial charge in [0, 0.05) is 13.1 Å². The highest BCUT2D eigenvalue weighted by atomic mass is 35.5. The lowest BCUT2D eigenvalue weighted by atomic mass is 10.0. The molecule has 2 heterocycles. The molecule has 22 heavy (non-hydrogen) atoms. The molecule has 0 aromatic heterocycles. The van der Waals surface area contributed by atoms with Crippen molar-refractivity contribution >= 4 is 41.5 Å². The number of amides is 1. The second-order valence-electron chi connectivity index (χ2n) is 5.51. The molecule has 3 rings (SSSR count). The molecule has 0 bridgehead atoms. The SMILES string of the molecule is Cl.O=C(C1CCNC1)N1CCOC(c2ccc(Cl)c(Cl)c2)C1. The molecule has 0 saturated carbocycles. The predicted molar refractivity (Wildman–Crippen MR) is 90.0 cm³/mol. The zero-order chi connectivity index (χ0) is 14.8. The Hall–Kier alpha value is -0.520. The molecule has 0 aliphatic carbocycles. The van der Waals surface area contributed by atoms with E-state index in [1.54, 1.807) is 6.07 Å². The van der Waals surface area contributed by atoms with Crippen molar-refractivity contribution in [3.05, 3.63) is 33.8 Å². The average Bonchev–Trinajstić information content (AvgIpc) is 3.04. The monoisotopic (exact) mass is 364 g/mol. The van der Waals surface area contributed by atoms with Gasteiger partial charge in [0.25, 0.3) is 0 Å². The number of ether oxygens (including phenoxy) is 1. The van der Waals surface area contributed by atoms with Gasteiger partial charge in [-0.15, -0.1) is 12.4 Å². The van der Waals surface area contributed by atoms with Crippen LogP contribution < -0.4 is 5.32 Å². The van der Waals surface area contributed by atoms with Gasteiger partial charge in [-0.05, 0) is 30.7 Å². The van der Waals surface area contributed by atoms with Crippen LogP contribution >= 0.6 is 35.6 Å². The van der Waals surface area contributed by atoms with Crippen LogP contribution in [0.15, 0.2) is 18.2 Å². The number of rotatable bonds is 2. The molecule has 0 spiro atoms. The second kappa shape index (κ2) is 7.84. The van der Waals surface area contributed by atoms with Crippen LogP contribution in [-0.4, -0.2) is 43.6 Å². The first-order valence-electron chi connectivity index (χ1n) is 7.21. The fourth-order valence-electron chi connectivity index (χ4n) is 2.89. The standard InChI is InChI=1S/C15H18Cl2N2O2.ClH/c16-12-2-1-10(7-13(12)17)14-9-19(5-6-21-14)15(20)11-3-4-18-8-11;/h1-2,7,11,14,18H,3-6,8-9H2;1H. The van der Waals surface area contributed by atoms with E-state index in [0.29, 0.717) is 29.7 Å². The fourth-order valence-corrected chi connectivity index (χ4v) is 3.19. The summed E-state index contributed by atoms with van der Waals surface area (Å²) >= 11 is 12.0. The van der Waals surface area contributed by atoms with E-state index in [1.807, 2.05) is 17.0 Å².